The van der Waals surface area contributed by atoms with E-state index in [1.807, 2.05) is 48.2 Å². The molecule has 144 valence electrons. The first-order chi connectivity index (χ1) is 13.0. The highest BCUT2D eigenvalue weighted by Gasteiger charge is 2.33. The molecule has 1 saturated heterocycles. The lowest BCUT2D eigenvalue weighted by Crippen LogP contribution is -2.43. The molecule has 0 radical (unpaired) electrons. The van der Waals surface area contributed by atoms with E-state index in [0.29, 0.717) is 31.4 Å². The van der Waals surface area contributed by atoms with Gasteiger partial charge in [-0.2, -0.15) is 5.10 Å². The molecule has 3 atom stereocenters. The molecule has 1 fully saturated rings. The number of benzene rings is 1. The van der Waals surface area contributed by atoms with Crippen LogP contribution >= 0.6 is 0 Å². The standard InChI is InChI=1S/C20H27N5O2/c1-13(10-21)16-6-4-15(5-7-16)9-20(27)22-17-11-25(12-18(17)26)19-8-3-14(2)23-24-19/h3-8,13,17-18,26H,9-12,21H2,1-2H3,(H,22,27)/t13?,17-,18+/m0/s1. The van der Waals surface area contributed by atoms with E-state index in [9.17, 15) is 9.90 Å². The second kappa shape index (κ2) is 8.45. The van der Waals surface area contributed by atoms with E-state index in [2.05, 4.69) is 22.4 Å². The second-order valence-corrected chi connectivity index (χ2v) is 7.23. The topological polar surface area (TPSA) is 104 Å². The molecule has 1 aliphatic heterocycles. The first-order valence-electron chi connectivity index (χ1n) is 9.28. The highest BCUT2D eigenvalue weighted by molar-refractivity contribution is 5.79. The number of carbonyl (C=O) groups excluding carboxylic acids is 1. The summed E-state index contributed by atoms with van der Waals surface area (Å²) in [4.78, 5) is 14.3. The van der Waals surface area contributed by atoms with E-state index in [-0.39, 0.29) is 18.4 Å². The van der Waals surface area contributed by atoms with Crippen LogP contribution in [0.2, 0.25) is 0 Å². The monoisotopic (exact) mass is 369 g/mol. The van der Waals surface area contributed by atoms with Crippen LogP contribution in [0.4, 0.5) is 5.82 Å². The molecule has 1 aromatic heterocycles. The Morgan fingerprint density at radius 1 is 1.26 bits per heavy atom. The Bertz CT molecular complexity index is 763. The maximum Gasteiger partial charge on any atom is 0.224 e. The lowest BCUT2D eigenvalue weighted by Gasteiger charge is -2.17. The summed E-state index contributed by atoms with van der Waals surface area (Å²) in [6.07, 6.45) is -0.352. The van der Waals surface area contributed by atoms with Crippen LogP contribution in [0.1, 0.15) is 29.7 Å². The number of nitrogens with zero attached hydrogens (tertiary/aromatic N) is 3. The molecule has 7 nitrogen and oxygen atoms in total. The molecular formula is C20H27N5O2. The third kappa shape index (κ3) is 4.81. The summed E-state index contributed by atoms with van der Waals surface area (Å²) in [5.74, 6) is 0.911. The number of amides is 1. The predicted molar refractivity (Wildman–Crippen MR) is 105 cm³/mol. The SMILES string of the molecule is Cc1ccc(N2C[C@@H](O)[C@@H](NC(=O)Cc3ccc(C(C)CN)cc3)C2)nn1. The van der Waals surface area contributed by atoms with Gasteiger partial charge in [0.1, 0.15) is 0 Å². The van der Waals surface area contributed by atoms with Crippen LogP contribution in [0.5, 0.6) is 0 Å². The van der Waals surface area contributed by atoms with Gasteiger partial charge in [0.05, 0.1) is 24.3 Å². The molecule has 1 unspecified atom stereocenters. The van der Waals surface area contributed by atoms with Crippen LogP contribution in [-0.2, 0) is 11.2 Å². The van der Waals surface area contributed by atoms with Crippen molar-refractivity contribution >= 4 is 11.7 Å². The van der Waals surface area contributed by atoms with Gasteiger partial charge in [-0.25, -0.2) is 0 Å². The number of aromatic nitrogens is 2. The molecular weight excluding hydrogens is 342 g/mol. The maximum atomic E-state index is 12.4. The van der Waals surface area contributed by atoms with Crippen molar-refractivity contribution in [1.29, 1.82) is 0 Å². The number of rotatable bonds is 6. The highest BCUT2D eigenvalue weighted by atomic mass is 16.3. The summed E-state index contributed by atoms with van der Waals surface area (Å²) >= 11 is 0. The number of nitrogens with one attached hydrogen (secondary N) is 1. The van der Waals surface area contributed by atoms with Crippen molar-refractivity contribution in [3.05, 3.63) is 53.2 Å². The predicted octanol–water partition coefficient (Wildman–Crippen LogP) is 0.756. The van der Waals surface area contributed by atoms with Crippen LogP contribution < -0.4 is 16.0 Å². The van der Waals surface area contributed by atoms with Gasteiger partial charge in [0.15, 0.2) is 5.82 Å². The van der Waals surface area contributed by atoms with Crippen molar-refractivity contribution in [1.82, 2.24) is 15.5 Å². The molecule has 0 aliphatic carbocycles. The third-order valence-corrected chi connectivity index (χ3v) is 5.01. The number of aliphatic hydroxyl groups is 1. The largest absolute Gasteiger partial charge is 0.389 e. The molecule has 0 spiro atoms. The normalized spacial score (nSPS) is 20.5. The Morgan fingerprint density at radius 2 is 2.00 bits per heavy atom. The zero-order valence-corrected chi connectivity index (χ0v) is 15.8. The van der Waals surface area contributed by atoms with Crippen molar-refractivity contribution in [3.63, 3.8) is 0 Å². The fraction of sp³-hybridized carbons (Fsp3) is 0.450. The average Bonchev–Trinajstić information content (AvgIpc) is 3.02. The minimum atomic E-state index is -0.634. The van der Waals surface area contributed by atoms with Gasteiger partial charge in [0, 0.05) is 13.1 Å². The van der Waals surface area contributed by atoms with Crippen molar-refractivity contribution in [2.75, 3.05) is 24.5 Å². The van der Waals surface area contributed by atoms with Crippen LogP contribution in [0.3, 0.4) is 0 Å². The Balaban J connectivity index is 1.55. The molecule has 4 N–H and O–H groups in total. The van der Waals surface area contributed by atoms with Crippen molar-refractivity contribution in [2.24, 2.45) is 5.73 Å². The van der Waals surface area contributed by atoms with Gasteiger partial charge < -0.3 is 21.1 Å². The van der Waals surface area contributed by atoms with Gasteiger partial charge in [-0.1, -0.05) is 31.2 Å². The van der Waals surface area contributed by atoms with E-state index < -0.39 is 6.10 Å². The van der Waals surface area contributed by atoms with Crippen LogP contribution in [0, 0.1) is 6.92 Å². The van der Waals surface area contributed by atoms with E-state index in [4.69, 9.17) is 5.73 Å². The Labute approximate surface area is 159 Å². The zero-order chi connectivity index (χ0) is 19.4. The van der Waals surface area contributed by atoms with E-state index in [0.717, 1.165) is 11.3 Å². The van der Waals surface area contributed by atoms with E-state index in [1.165, 1.54) is 5.56 Å². The number of anilines is 1. The lowest BCUT2D eigenvalue weighted by atomic mass is 9.99. The molecule has 27 heavy (non-hydrogen) atoms. The molecule has 1 aromatic carbocycles. The fourth-order valence-electron chi connectivity index (χ4n) is 3.22. The number of hydrogen-bond acceptors (Lipinski definition) is 6. The number of aliphatic hydroxyl groups excluding tert-OH is 1. The number of β-amino-alcohol motifs (C(OH)–C–C–N with tert-alkyl or cyclic N) is 1. The molecule has 0 saturated carbocycles. The van der Waals surface area contributed by atoms with E-state index in [1.54, 1.807) is 0 Å². The smallest absolute Gasteiger partial charge is 0.224 e. The van der Waals surface area contributed by atoms with Gasteiger partial charge in [-0.3, -0.25) is 4.79 Å². The number of nitrogens with two attached hydrogens (primary N) is 1. The number of carbonyl (C=O) groups is 1. The molecule has 2 aromatic rings. The fourth-order valence-corrected chi connectivity index (χ4v) is 3.22. The second-order valence-electron chi connectivity index (χ2n) is 7.23. The van der Waals surface area contributed by atoms with Crippen LogP contribution in [0.25, 0.3) is 0 Å². The Morgan fingerprint density at radius 3 is 2.63 bits per heavy atom. The van der Waals surface area contributed by atoms with Gasteiger partial charge in [-0.15, -0.1) is 5.10 Å². The minimum absolute atomic E-state index is 0.101. The lowest BCUT2D eigenvalue weighted by molar-refractivity contribution is -0.121. The van der Waals surface area contributed by atoms with Gasteiger partial charge in [-0.05, 0) is 42.6 Å². The maximum absolute atomic E-state index is 12.4. The zero-order valence-electron chi connectivity index (χ0n) is 15.8. The van der Waals surface area contributed by atoms with Gasteiger partial charge >= 0.3 is 0 Å². The van der Waals surface area contributed by atoms with E-state index >= 15 is 0 Å². The van der Waals surface area contributed by atoms with Crippen LogP contribution in [0.15, 0.2) is 36.4 Å². The molecule has 3 rings (SSSR count). The Hall–Kier alpha value is -2.51. The summed E-state index contributed by atoms with van der Waals surface area (Å²) in [6, 6.07) is 11.4. The van der Waals surface area contributed by atoms with Gasteiger partial charge in [0.2, 0.25) is 5.91 Å². The molecule has 1 amide bonds. The number of aryl methyl sites for hydroxylation is 1. The van der Waals surface area contributed by atoms with Crippen LogP contribution in [-0.4, -0.2) is 53.0 Å². The molecule has 2 heterocycles. The Kier molecular flexibility index (Phi) is 6.03. The summed E-state index contributed by atoms with van der Waals surface area (Å²) < 4.78 is 0. The molecule has 0 bridgehead atoms. The van der Waals surface area contributed by atoms with Gasteiger partial charge in [0.25, 0.3) is 0 Å². The first-order valence-corrected chi connectivity index (χ1v) is 9.28. The molecule has 7 heteroatoms. The quantitative estimate of drug-likeness (QED) is 0.694. The number of hydrogen-bond donors (Lipinski definition) is 3. The summed E-state index contributed by atoms with van der Waals surface area (Å²) in [5, 5.41) is 21.4. The summed E-state index contributed by atoms with van der Waals surface area (Å²) in [7, 11) is 0. The molecule has 1 aliphatic rings. The first kappa shape index (κ1) is 19.3. The van der Waals surface area contributed by atoms with Crippen molar-refractivity contribution < 1.29 is 9.90 Å². The summed E-state index contributed by atoms with van der Waals surface area (Å²) in [5.41, 5.74) is 8.64. The summed E-state index contributed by atoms with van der Waals surface area (Å²) in [6.45, 7) is 5.49. The highest BCUT2D eigenvalue weighted by Crippen LogP contribution is 2.18. The average molecular weight is 369 g/mol. The van der Waals surface area contributed by atoms with Crippen molar-refractivity contribution in [2.45, 2.75) is 38.3 Å². The third-order valence-electron chi connectivity index (χ3n) is 5.01. The van der Waals surface area contributed by atoms with Crippen molar-refractivity contribution in [3.8, 4) is 0 Å². The minimum Gasteiger partial charge on any atom is -0.389 e.